The van der Waals surface area contributed by atoms with E-state index in [4.69, 9.17) is 0 Å². The predicted octanol–water partition coefficient (Wildman–Crippen LogP) is 1.38. The van der Waals surface area contributed by atoms with Crippen LogP contribution in [0.15, 0.2) is 30.3 Å². The summed E-state index contributed by atoms with van der Waals surface area (Å²) in [4.78, 5) is 14.1. The number of hydrogen-bond donors (Lipinski definition) is 2. The Morgan fingerprint density at radius 3 is 2.75 bits per heavy atom. The first-order chi connectivity index (χ1) is 9.69. The second-order valence-electron chi connectivity index (χ2n) is 5.62. The summed E-state index contributed by atoms with van der Waals surface area (Å²) >= 11 is 0. The monoisotopic (exact) mass is 275 g/mol. The molecule has 1 aliphatic rings. The maximum Gasteiger partial charge on any atom is 0.234 e. The van der Waals surface area contributed by atoms with Crippen molar-refractivity contribution in [3.05, 3.63) is 35.9 Å². The largest absolute Gasteiger partial charge is 0.352 e. The molecule has 2 N–H and O–H groups in total. The third-order valence-electron chi connectivity index (χ3n) is 3.94. The molecule has 2 atom stereocenters. The second kappa shape index (κ2) is 7.41. The summed E-state index contributed by atoms with van der Waals surface area (Å²) in [5, 5.41) is 5.99. The molecule has 4 heteroatoms. The number of benzene rings is 1. The van der Waals surface area contributed by atoms with Gasteiger partial charge >= 0.3 is 0 Å². The number of carbonyl (C=O) groups excluding carboxylic acids is 1. The summed E-state index contributed by atoms with van der Waals surface area (Å²) in [5.74, 6) is 0.0983. The lowest BCUT2D eigenvalue weighted by Crippen LogP contribution is -2.49. The smallest absolute Gasteiger partial charge is 0.234 e. The fourth-order valence-corrected chi connectivity index (χ4v) is 2.84. The van der Waals surface area contributed by atoms with Gasteiger partial charge in [0.05, 0.1) is 6.54 Å². The van der Waals surface area contributed by atoms with Crippen LogP contribution in [0, 0.1) is 0 Å². The molecule has 1 aromatic carbocycles. The molecule has 0 radical (unpaired) electrons. The quantitative estimate of drug-likeness (QED) is 0.853. The summed E-state index contributed by atoms with van der Waals surface area (Å²) < 4.78 is 0. The van der Waals surface area contributed by atoms with E-state index in [1.807, 2.05) is 0 Å². The molecule has 4 nitrogen and oxygen atoms in total. The number of piperidine rings is 1. The highest BCUT2D eigenvalue weighted by Crippen LogP contribution is 2.19. The highest BCUT2D eigenvalue weighted by molar-refractivity contribution is 5.78. The van der Waals surface area contributed by atoms with E-state index in [0.717, 1.165) is 25.9 Å². The first-order valence-electron chi connectivity index (χ1n) is 7.41. The fourth-order valence-electron chi connectivity index (χ4n) is 2.84. The van der Waals surface area contributed by atoms with Gasteiger partial charge in [-0.3, -0.25) is 9.69 Å². The average Bonchev–Trinajstić information content (AvgIpc) is 2.43. The van der Waals surface area contributed by atoms with Gasteiger partial charge < -0.3 is 10.6 Å². The van der Waals surface area contributed by atoms with Crippen molar-refractivity contribution in [2.75, 3.05) is 20.1 Å². The molecule has 20 heavy (non-hydrogen) atoms. The normalized spacial score (nSPS) is 23.5. The average molecular weight is 275 g/mol. The lowest BCUT2D eigenvalue weighted by atomic mass is 9.97. The molecule has 1 heterocycles. The SMILES string of the molecule is CNCC(=O)N[C@H]1CCN(Cc2ccccc2)[C@H](C)C1. The number of amides is 1. The van der Waals surface area contributed by atoms with Gasteiger partial charge in [-0.15, -0.1) is 0 Å². The van der Waals surface area contributed by atoms with Gasteiger partial charge in [-0.1, -0.05) is 30.3 Å². The van der Waals surface area contributed by atoms with Crippen molar-refractivity contribution in [2.24, 2.45) is 0 Å². The Balaban J connectivity index is 1.82. The van der Waals surface area contributed by atoms with Crippen LogP contribution in [-0.4, -0.2) is 43.0 Å². The highest BCUT2D eigenvalue weighted by atomic mass is 16.1. The minimum Gasteiger partial charge on any atom is -0.352 e. The Morgan fingerprint density at radius 1 is 1.35 bits per heavy atom. The molecule has 0 unspecified atom stereocenters. The predicted molar refractivity (Wildman–Crippen MR) is 81.4 cm³/mol. The molecule has 1 aliphatic heterocycles. The number of carbonyl (C=O) groups is 1. The van der Waals surface area contributed by atoms with Gasteiger partial charge in [-0.2, -0.15) is 0 Å². The van der Waals surface area contributed by atoms with Crippen LogP contribution >= 0.6 is 0 Å². The van der Waals surface area contributed by atoms with Gasteiger partial charge in [-0.05, 0) is 32.4 Å². The second-order valence-corrected chi connectivity index (χ2v) is 5.62. The van der Waals surface area contributed by atoms with Crippen molar-refractivity contribution in [2.45, 2.75) is 38.4 Å². The van der Waals surface area contributed by atoms with E-state index in [-0.39, 0.29) is 5.91 Å². The molecular formula is C16H25N3O. The molecule has 1 fully saturated rings. The molecule has 1 saturated heterocycles. The van der Waals surface area contributed by atoms with Crippen LogP contribution in [0.25, 0.3) is 0 Å². The number of likely N-dealkylation sites (tertiary alicyclic amines) is 1. The Bertz CT molecular complexity index is 421. The summed E-state index contributed by atoms with van der Waals surface area (Å²) in [7, 11) is 1.80. The molecule has 1 amide bonds. The summed E-state index contributed by atoms with van der Waals surface area (Å²) in [6.07, 6.45) is 2.06. The minimum atomic E-state index is 0.0983. The Morgan fingerprint density at radius 2 is 2.10 bits per heavy atom. The molecule has 0 aliphatic carbocycles. The minimum absolute atomic E-state index is 0.0983. The van der Waals surface area contributed by atoms with Crippen LogP contribution in [0.1, 0.15) is 25.3 Å². The first kappa shape index (κ1) is 15.0. The molecule has 110 valence electrons. The Hall–Kier alpha value is -1.39. The van der Waals surface area contributed by atoms with E-state index < -0.39 is 0 Å². The van der Waals surface area contributed by atoms with Gasteiger partial charge in [0.1, 0.15) is 0 Å². The number of nitrogens with zero attached hydrogens (tertiary/aromatic N) is 1. The van der Waals surface area contributed by atoms with Crippen molar-refractivity contribution in [1.29, 1.82) is 0 Å². The lowest BCUT2D eigenvalue weighted by Gasteiger charge is -2.38. The number of likely N-dealkylation sites (N-methyl/N-ethyl adjacent to an activating group) is 1. The van der Waals surface area contributed by atoms with E-state index in [1.54, 1.807) is 7.05 Å². The van der Waals surface area contributed by atoms with Crippen molar-refractivity contribution < 1.29 is 4.79 Å². The maximum absolute atomic E-state index is 11.6. The summed E-state index contributed by atoms with van der Waals surface area (Å²) in [6.45, 7) is 4.69. The van der Waals surface area contributed by atoms with E-state index in [1.165, 1.54) is 5.56 Å². The standard InChI is InChI=1S/C16H25N3O/c1-13-10-15(18-16(20)11-17-2)8-9-19(13)12-14-6-4-3-5-7-14/h3-7,13,15,17H,8-12H2,1-2H3,(H,18,20)/t13-,15+/m1/s1. The van der Waals surface area contributed by atoms with Gasteiger partial charge in [0.25, 0.3) is 0 Å². The van der Waals surface area contributed by atoms with Crippen LogP contribution in [0.3, 0.4) is 0 Å². The summed E-state index contributed by atoms with van der Waals surface area (Å²) in [6, 6.07) is 11.4. The van der Waals surface area contributed by atoms with Crippen molar-refractivity contribution in [1.82, 2.24) is 15.5 Å². The van der Waals surface area contributed by atoms with Crippen LogP contribution in [0.4, 0.5) is 0 Å². The number of hydrogen-bond acceptors (Lipinski definition) is 3. The van der Waals surface area contributed by atoms with Crippen LogP contribution in [-0.2, 0) is 11.3 Å². The molecule has 1 aromatic rings. The van der Waals surface area contributed by atoms with Gasteiger partial charge in [0.2, 0.25) is 5.91 Å². The first-order valence-corrected chi connectivity index (χ1v) is 7.41. The fraction of sp³-hybridized carbons (Fsp3) is 0.562. The van der Waals surface area contributed by atoms with Crippen molar-refractivity contribution in [3.63, 3.8) is 0 Å². The topological polar surface area (TPSA) is 44.4 Å². The van der Waals surface area contributed by atoms with Gasteiger partial charge in [-0.25, -0.2) is 0 Å². The van der Waals surface area contributed by atoms with E-state index in [0.29, 0.717) is 18.6 Å². The maximum atomic E-state index is 11.6. The molecule has 2 rings (SSSR count). The van der Waals surface area contributed by atoms with Crippen molar-refractivity contribution in [3.8, 4) is 0 Å². The van der Waals surface area contributed by atoms with E-state index >= 15 is 0 Å². The zero-order valence-corrected chi connectivity index (χ0v) is 12.4. The van der Waals surface area contributed by atoms with E-state index in [2.05, 4.69) is 52.8 Å². The molecule has 0 spiro atoms. The third-order valence-corrected chi connectivity index (χ3v) is 3.94. The van der Waals surface area contributed by atoms with Crippen LogP contribution < -0.4 is 10.6 Å². The molecule has 0 aromatic heterocycles. The third kappa shape index (κ3) is 4.32. The molecule has 0 saturated carbocycles. The lowest BCUT2D eigenvalue weighted by molar-refractivity contribution is -0.121. The highest BCUT2D eigenvalue weighted by Gasteiger charge is 2.26. The Kier molecular flexibility index (Phi) is 5.56. The number of nitrogens with one attached hydrogen (secondary N) is 2. The van der Waals surface area contributed by atoms with Gasteiger partial charge in [0.15, 0.2) is 0 Å². The molecule has 0 bridgehead atoms. The zero-order chi connectivity index (χ0) is 14.4. The van der Waals surface area contributed by atoms with Gasteiger partial charge in [0, 0.05) is 25.2 Å². The van der Waals surface area contributed by atoms with Crippen LogP contribution in [0.2, 0.25) is 0 Å². The van der Waals surface area contributed by atoms with Crippen LogP contribution in [0.5, 0.6) is 0 Å². The molecular weight excluding hydrogens is 250 g/mol. The van der Waals surface area contributed by atoms with E-state index in [9.17, 15) is 4.79 Å². The zero-order valence-electron chi connectivity index (χ0n) is 12.4. The van der Waals surface area contributed by atoms with Crippen molar-refractivity contribution >= 4 is 5.91 Å². The Labute approximate surface area is 121 Å². The summed E-state index contributed by atoms with van der Waals surface area (Å²) in [5.41, 5.74) is 1.36. The number of rotatable bonds is 5.